The summed E-state index contributed by atoms with van der Waals surface area (Å²) < 4.78 is 5.40. The van der Waals surface area contributed by atoms with Crippen molar-refractivity contribution in [3.8, 4) is 0 Å². The highest BCUT2D eigenvalue weighted by atomic mass is 32.2. The lowest BCUT2D eigenvalue weighted by atomic mass is 9.90. The first kappa shape index (κ1) is 32.1. The Bertz CT molecular complexity index is 921. The summed E-state index contributed by atoms with van der Waals surface area (Å²) in [6.45, 7) is 10.4. The van der Waals surface area contributed by atoms with Gasteiger partial charge < -0.3 is 20.5 Å². The Morgan fingerprint density at radius 1 is 0.892 bits per heavy atom. The summed E-state index contributed by atoms with van der Waals surface area (Å²) >= 11 is 0.913. The van der Waals surface area contributed by atoms with Gasteiger partial charge in [-0.15, -0.1) is 0 Å². The quantitative estimate of drug-likeness (QED) is 0.289. The summed E-state index contributed by atoms with van der Waals surface area (Å²) in [5, 5.41) is 13.4. The molecule has 0 aliphatic heterocycles. The van der Waals surface area contributed by atoms with E-state index in [1.165, 1.54) is 13.8 Å². The number of rotatable bonds is 15. The topological polar surface area (TPSA) is 139 Å². The van der Waals surface area contributed by atoms with Gasteiger partial charge in [0, 0.05) is 12.2 Å². The lowest BCUT2D eigenvalue weighted by Gasteiger charge is -2.29. The molecule has 1 aromatic rings. The lowest BCUT2D eigenvalue weighted by molar-refractivity contribution is -0.145. The van der Waals surface area contributed by atoms with Crippen molar-refractivity contribution in [3.05, 3.63) is 35.9 Å². The normalized spacial score (nSPS) is 14.4. The van der Waals surface area contributed by atoms with Gasteiger partial charge in [-0.2, -0.15) is 0 Å². The summed E-state index contributed by atoms with van der Waals surface area (Å²) in [6.07, 6.45) is 0.519. The Kier molecular flexibility index (Phi) is 14.0. The highest BCUT2D eigenvalue weighted by Gasteiger charge is 2.35. The second-order valence-corrected chi connectivity index (χ2v) is 11.4. The molecule has 0 spiro atoms. The average molecular weight is 537 g/mol. The maximum Gasteiger partial charge on any atom is 0.325 e. The minimum absolute atomic E-state index is 0.0371. The van der Waals surface area contributed by atoms with Crippen LogP contribution in [-0.4, -0.2) is 51.3 Å². The molecule has 10 heteroatoms. The highest BCUT2D eigenvalue weighted by Crippen LogP contribution is 2.30. The zero-order valence-electron chi connectivity index (χ0n) is 22.5. The van der Waals surface area contributed by atoms with Gasteiger partial charge in [-0.3, -0.25) is 24.0 Å². The van der Waals surface area contributed by atoms with E-state index in [2.05, 4.69) is 10.6 Å². The number of aliphatic carboxylic acids is 1. The molecule has 37 heavy (non-hydrogen) atoms. The third kappa shape index (κ3) is 12.8. The fraction of sp³-hybridized carbons (Fsp3) is 0.593. The molecular weight excluding hydrogens is 496 g/mol. The molecule has 0 fully saturated rings. The van der Waals surface area contributed by atoms with Crippen LogP contribution in [0.4, 0.5) is 0 Å². The van der Waals surface area contributed by atoms with E-state index in [1.54, 1.807) is 0 Å². The van der Waals surface area contributed by atoms with Crippen LogP contribution in [0.2, 0.25) is 0 Å². The first-order valence-electron chi connectivity index (χ1n) is 12.5. The molecule has 0 radical (unpaired) electrons. The molecule has 1 rings (SSSR count). The summed E-state index contributed by atoms with van der Waals surface area (Å²) in [5.41, 5.74) is 0.821. The van der Waals surface area contributed by atoms with E-state index < -0.39 is 47.0 Å². The number of thioether (sulfide) groups is 1. The van der Waals surface area contributed by atoms with Crippen molar-refractivity contribution in [2.45, 2.75) is 84.7 Å². The number of benzene rings is 1. The van der Waals surface area contributed by atoms with Gasteiger partial charge in [0.15, 0.2) is 5.12 Å². The number of esters is 1. The first-order valence-corrected chi connectivity index (χ1v) is 13.4. The largest absolute Gasteiger partial charge is 0.480 e. The number of carboxylic acid groups (broad SMARTS) is 1. The zero-order chi connectivity index (χ0) is 28.1. The molecule has 1 aromatic carbocycles. The van der Waals surface area contributed by atoms with Crippen molar-refractivity contribution in [2.24, 2.45) is 17.8 Å². The van der Waals surface area contributed by atoms with Crippen LogP contribution in [0.1, 0.15) is 66.4 Å². The minimum Gasteiger partial charge on any atom is -0.480 e. The van der Waals surface area contributed by atoms with Gasteiger partial charge in [-0.05, 0) is 37.2 Å². The Morgan fingerprint density at radius 2 is 1.49 bits per heavy atom. The smallest absolute Gasteiger partial charge is 0.325 e. The number of nitrogens with one attached hydrogen (secondary N) is 2. The predicted molar refractivity (Wildman–Crippen MR) is 142 cm³/mol. The van der Waals surface area contributed by atoms with Crippen LogP contribution < -0.4 is 10.6 Å². The van der Waals surface area contributed by atoms with Crippen molar-refractivity contribution in [2.75, 3.05) is 0 Å². The number of hydrogen-bond acceptors (Lipinski definition) is 7. The molecule has 2 unspecified atom stereocenters. The van der Waals surface area contributed by atoms with E-state index in [9.17, 15) is 24.0 Å². The molecule has 9 nitrogen and oxygen atoms in total. The third-order valence-electron chi connectivity index (χ3n) is 5.51. The van der Waals surface area contributed by atoms with Gasteiger partial charge in [0.25, 0.3) is 0 Å². The molecule has 0 aliphatic carbocycles. The van der Waals surface area contributed by atoms with Crippen molar-refractivity contribution >= 4 is 40.6 Å². The van der Waals surface area contributed by atoms with Crippen LogP contribution in [-0.2, 0) is 35.3 Å². The molecule has 0 aliphatic rings. The fourth-order valence-corrected chi connectivity index (χ4v) is 4.78. The predicted octanol–water partition coefficient (Wildman–Crippen LogP) is 3.55. The second-order valence-electron chi connectivity index (χ2n) is 9.99. The molecule has 0 saturated heterocycles. The molecule has 0 heterocycles. The van der Waals surface area contributed by atoms with Crippen LogP contribution in [0.3, 0.4) is 0 Å². The van der Waals surface area contributed by atoms with E-state index in [-0.39, 0.29) is 30.0 Å². The van der Waals surface area contributed by atoms with Crippen molar-refractivity contribution in [1.82, 2.24) is 10.6 Å². The molecule has 206 valence electrons. The summed E-state index contributed by atoms with van der Waals surface area (Å²) in [7, 11) is 0. The summed E-state index contributed by atoms with van der Waals surface area (Å²) in [5.74, 6) is -3.43. The fourth-order valence-electron chi connectivity index (χ4n) is 3.73. The van der Waals surface area contributed by atoms with Crippen LogP contribution in [0.15, 0.2) is 30.3 Å². The Hall–Kier alpha value is -2.88. The van der Waals surface area contributed by atoms with E-state index in [0.29, 0.717) is 12.8 Å². The molecule has 0 aromatic heterocycles. The van der Waals surface area contributed by atoms with E-state index >= 15 is 0 Å². The van der Waals surface area contributed by atoms with E-state index in [4.69, 9.17) is 9.84 Å². The summed E-state index contributed by atoms with van der Waals surface area (Å²) in [4.78, 5) is 62.2. The maximum atomic E-state index is 13.5. The molecule has 0 saturated carbocycles. The summed E-state index contributed by atoms with van der Waals surface area (Å²) in [6, 6.07) is 7.10. The number of carbonyl (C=O) groups excluding carboxylic acids is 4. The molecule has 2 amide bonds. The zero-order valence-corrected chi connectivity index (χ0v) is 23.3. The number of hydrogen-bond donors (Lipinski definition) is 3. The Morgan fingerprint density at radius 3 is 2.00 bits per heavy atom. The third-order valence-corrected chi connectivity index (χ3v) is 6.64. The van der Waals surface area contributed by atoms with Gasteiger partial charge >= 0.3 is 11.9 Å². The number of carbonyl (C=O) groups is 5. The van der Waals surface area contributed by atoms with Gasteiger partial charge in [0.05, 0.1) is 12.3 Å². The number of carboxylic acids is 1. The molecule has 4 atom stereocenters. The lowest BCUT2D eigenvalue weighted by Crippen LogP contribution is -2.53. The first-order chi connectivity index (χ1) is 17.3. The van der Waals surface area contributed by atoms with E-state index in [0.717, 1.165) is 17.3 Å². The number of ether oxygens (including phenoxy) is 1. The van der Waals surface area contributed by atoms with Crippen molar-refractivity contribution < 1.29 is 33.8 Å². The maximum absolute atomic E-state index is 13.5. The van der Waals surface area contributed by atoms with Crippen LogP contribution >= 0.6 is 11.8 Å². The Labute approximate surface area is 223 Å². The SMILES string of the molecule is CC(=O)SC(CC(=O)OCc1ccccc1)C(CC(C)C)C(=O)N[C@@H](CC(C)C)C(=O)N[C@@H](C)C(=O)O. The van der Waals surface area contributed by atoms with Gasteiger partial charge in [-0.25, -0.2) is 0 Å². The van der Waals surface area contributed by atoms with Gasteiger partial charge in [-0.1, -0.05) is 69.8 Å². The molecule has 0 bridgehead atoms. The average Bonchev–Trinajstić information content (AvgIpc) is 2.80. The van der Waals surface area contributed by atoms with Gasteiger partial charge in [0.2, 0.25) is 11.8 Å². The monoisotopic (exact) mass is 536 g/mol. The van der Waals surface area contributed by atoms with Crippen LogP contribution in [0.5, 0.6) is 0 Å². The van der Waals surface area contributed by atoms with Crippen molar-refractivity contribution in [1.29, 1.82) is 0 Å². The standard InChI is InChI=1S/C27H40N2O7S/c1-16(2)12-21(25(32)29-22(13-17(3)4)26(33)28-18(5)27(34)35)23(37-19(6)30)14-24(31)36-15-20-10-8-7-9-11-20/h7-11,16-18,21-23H,12-15H2,1-6H3,(H,28,33)(H,29,32)(H,34,35)/t18-,21?,22-,23?/m0/s1. The van der Waals surface area contributed by atoms with Gasteiger partial charge in [0.1, 0.15) is 18.7 Å². The van der Waals surface area contributed by atoms with Crippen molar-refractivity contribution in [3.63, 3.8) is 0 Å². The Balaban J connectivity index is 3.08. The molecular formula is C27H40N2O7S. The number of amides is 2. The second kappa shape index (κ2) is 16.1. The minimum atomic E-state index is -1.19. The molecule has 3 N–H and O–H groups in total. The van der Waals surface area contributed by atoms with Crippen LogP contribution in [0.25, 0.3) is 0 Å². The highest BCUT2D eigenvalue weighted by molar-refractivity contribution is 8.14. The van der Waals surface area contributed by atoms with Crippen LogP contribution in [0, 0.1) is 17.8 Å². The van der Waals surface area contributed by atoms with E-state index in [1.807, 2.05) is 58.0 Å².